The summed E-state index contributed by atoms with van der Waals surface area (Å²) in [5.74, 6) is -0.368. The van der Waals surface area contributed by atoms with Crippen LogP contribution in [0.25, 0.3) is 54.6 Å². The molecule has 0 atom stereocenters. The molecule has 0 aliphatic rings. The van der Waals surface area contributed by atoms with Crippen molar-refractivity contribution in [1.82, 2.24) is 0 Å². The minimum Gasteiger partial charge on any atom is -0.375 e. The van der Waals surface area contributed by atoms with Gasteiger partial charge in [-0.1, -0.05) is 146 Å². The zero-order valence-corrected chi connectivity index (χ0v) is 31.6. The van der Waals surface area contributed by atoms with Gasteiger partial charge in [0, 0.05) is 5.39 Å². The van der Waals surface area contributed by atoms with Gasteiger partial charge in [-0.3, -0.25) is 0 Å². The van der Waals surface area contributed by atoms with Gasteiger partial charge in [-0.25, -0.2) is 0 Å². The van der Waals surface area contributed by atoms with Crippen molar-refractivity contribution in [3.05, 3.63) is 114 Å². The maximum absolute atomic E-state index is 13.5. The number of unbranched alkanes of at least 4 members (excludes halogenated alkanes) is 2. The Balaban J connectivity index is 1.76. The van der Waals surface area contributed by atoms with E-state index in [1.807, 2.05) is 18.2 Å². The van der Waals surface area contributed by atoms with E-state index < -0.39 is 15.6 Å². The third-order valence-electron chi connectivity index (χ3n) is 10.7. The highest BCUT2D eigenvalue weighted by molar-refractivity contribution is 7.88. The highest BCUT2D eigenvalue weighted by atomic mass is 32.2. The Bertz CT molecular complexity index is 2360. The van der Waals surface area contributed by atoms with Crippen molar-refractivity contribution < 1.29 is 25.8 Å². The molecule has 272 valence electrons. The fraction of sp³-hybridized carbons (Fsp3) is 0.333. The van der Waals surface area contributed by atoms with E-state index in [0.717, 1.165) is 82.3 Å². The molecule has 0 unspecified atom stereocenters. The fourth-order valence-electron chi connectivity index (χ4n) is 7.53. The number of rotatable bonds is 12. The summed E-state index contributed by atoms with van der Waals surface area (Å²) in [6.45, 7) is 13.5. The van der Waals surface area contributed by atoms with Crippen molar-refractivity contribution >= 4 is 42.4 Å². The van der Waals surface area contributed by atoms with Crippen LogP contribution in [-0.2, 0) is 20.9 Å². The molecule has 3 nitrogen and oxygen atoms in total. The second-order valence-electron chi connectivity index (χ2n) is 15.3. The minimum atomic E-state index is -5.88. The van der Waals surface area contributed by atoms with E-state index >= 15 is 0 Å². The first-order chi connectivity index (χ1) is 24.6. The first-order valence-electron chi connectivity index (χ1n) is 18.2. The highest BCUT2D eigenvalue weighted by Crippen LogP contribution is 2.49. The van der Waals surface area contributed by atoms with E-state index in [1.54, 1.807) is 18.2 Å². The van der Waals surface area contributed by atoms with Crippen LogP contribution in [0.1, 0.15) is 91.2 Å². The lowest BCUT2D eigenvalue weighted by Gasteiger charge is -2.28. The zero-order chi connectivity index (χ0) is 37.5. The Morgan fingerprint density at radius 2 is 1.06 bits per heavy atom. The average molecular weight is 725 g/mol. The molecule has 0 aliphatic carbocycles. The van der Waals surface area contributed by atoms with Crippen molar-refractivity contribution in [2.24, 2.45) is 0 Å². The van der Waals surface area contributed by atoms with Gasteiger partial charge in [0.05, 0.1) is 0 Å². The number of benzene rings is 6. The molecule has 0 amide bonds. The lowest BCUT2D eigenvalue weighted by atomic mass is 9.76. The minimum absolute atomic E-state index is 0.0733. The van der Waals surface area contributed by atoms with E-state index in [0.29, 0.717) is 5.39 Å². The second-order valence-corrected chi connectivity index (χ2v) is 16.8. The largest absolute Gasteiger partial charge is 0.534 e. The van der Waals surface area contributed by atoms with Crippen molar-refractivity contribution in [3.8, 4) is 28.0 Å². The molecular weight excluding hydrogens is 678 g/mol. The summed E-state index contributed by atoms with van der Waals surface area (Å²) >= 11 is 0. The Morgan fingerprint density at radius 1 is 0.558 bits per heavy atom. The first-order valence-corrected chi connectivity index (χ1v) is 19.6. The van der Waals surface area contributed by atoms with Gasteiger partial charge in [0.2, 0.25) is 0 Å². The number of hydrogen-bond donors (Lipinski definition) is 0. The van der Waals surface area contributed by atoms with Gasteiger partial charge in [-0.15, -0.1) is 0 Å². The van der Waals surface area contributed by atoms with Crippen molar-refractivity contribution in [2.75, 3.05) is 0 Å². The zero-order valence-electron chi connectivity index (χ0n) is 30.8. The summed E-state index contributed by atoms with van der Waals surface area (Å²) in [7, 11) is -5.88. The summed E-state index contributed by atoms with van der Waals surface area (Å²) in [5.41, 5.74) is 0.636. The maximum Gasteiger partial charge on any atom is 0.534 e. The van der Waals surface area contributed by atoms with Crippen molar-refractivity contribution in [3.63, 3.8) is 0 Å². The lowest BCUT2D eigenvalue weighted by molar-refractivity contribution is -0.0499. The van der Waals surface area contributed by atoms with Crippen LogP contribution in [-0.4, -0.2) is 13.9 Å². The summed E-state index contributed by atoms with van der Waals surface area (Å²) in [6, 6.07) is 33.9. The third-order valence-corrected chi connectivity index (χ3v) is 11.7. The molecule has 0 N–H and O–H groups in total. The van der Waals surface area contributed by atoms with Crippen LogP contribution in [0.15, 0.2) is 103 Å². The van der Waals surface area contributed by atoms with Crippen LogP contribution in [0.2, 0.25) is 0 Å². The predicted octanol–water partition coefficient (Wildman–Crippen LogP) is 13.6. The van der Waals surface area contributed by atoms with Crippen LogP contribution >= 0.6 is 0 Å². The molecule has 52 heavy (non-hydrogen) atoms. The standard InChI is InChI=1S/C45H47F3O3S/c1-7-9-26-43(3,4)31-21-23-37-38(28-31)41(30-16-12-11-13-17-30)36-22-20-32(44(5,6)27-10-8-2)29-39(36)42(37)35-24-25-40(34-19-15-14-18-33(34)35)51-52(49,50)45(46,47)48/h11-25,28-29H,7-10,26-27H2,1-6H3. The summed E-state index contributed by atoms with van der Waals surface area (Å²) in [6.07, 6.45) is 6.46. The Morgan fingerprint density at radius 3 is 1.60 bits per heavy atom. The molecule has 7 heteroatoms. The van der Waals surface area contributed by atoms with Gasteiger partial charge in [0.1, 0.15) is 0 Å². The molecular formula is C45H47F3O3S. The Hall–Kier alpha value is -4.36. The average Bonchev–Trinajstić information content (AvgIpc) is 3.12. The number of fused-ring (bicyclic) bond motifs is 3. The molecule has 0 saturated heterocycles. The topological polar surface area (TPSA) is 43.4 Å². The molecule has 0 radical (unpaired) electrons. The highest BCUT2D eigenvalue weighted by Gasteiger charge is 2.48. The first kappa shape index (κ1) is 37.4. The number of alkyl halides is 3. The van der Waals surface area contributed by atoms with Crippen LogP contribution < -0.4 is 4.18 Å². The molecule has 6 rings (SSSR count). The van der Waals surface area contributed by atoms with Crippen LogP contribution in [0.5, 0.6) is 5.75 Å². The molecule has 6 aromatic rings. The van der Waals surface area contributed by atoms with Crippen LogP contribution in [0.4, 0.5) is 13.2 Å². The number of hydrogen-bond acceptors (Lipinski definition) is 3. The summed E-state index contributed by atoms with van der Waals surface area (Å²) in [5, 5.41) is 5.04. The fourth-order valence-corrected chi connectivity index (χ4v) is 8.01. The van der Waals surface area contributed by atoms with Gasteiger partial charge in [-0.05, 0) is 108 Å². The van der Waals surface area contributed by atoms with Gasteiger partial charge in [0.25, 0.3) is 0 Å². The lowest BCUT2D eigenvalue weighted by Crippen LogP contribution is -2.28. The maximum atomic E-state index is 13.5. The van der Waals surface area contributed by atoms with E-state index in [2.05, 4.69) is 102 Å². The molecule has 0 saturated carbocycles. The van der Waals surface area contributed by atoms with Gasteiger partial charge in [0.15, 0.2) is 5.75 Å². The van der Waals surface area contributed by atoms with Gasteiger partial charge >= 0.3 is 15.6 Å². The van der Waals surface area contributed by atoms with E-state index in [9.17, 15) is 21.6 Å². The Labute approximate surface area is 306 Å². The molecule has 0 aromatic heterocycles. The molecule has 0 fully saturated rings. The summed E-state index contributed by atoms with van der Waals surface area (Å²) in [4.78, 5) is 0. The van der Waals surface area contributed by atoms with Crippen molar-refractivity contribution in [2.45, 2.75) is 96.4 Å². The number of halogens is 3. The molecule has 0 bridgehead atoms. The third kappa shape index (κ3) is 7.04. The second kappa shape index (κ2) is 14.2. The Kier molecular flexibility index (Phi) is 10.2. The van der Waals surface area contributed by atoms with Gasteiger partial charge < -0.3 is 4.18 Å². The van der Waals surface area contributed by atoms with E-state index in [1.165, 1.54) is 17.2 Å². The molecule has 0 aliphatic heterocycles. The smallest absolute Gasteiger partial charge is 0.375 e. The quantitative estimate of drug-likeness (QED) is 0.0717. The van der Waals surface area contributed by atoms with E-state index in [-0.39, 0.29) is 22.0 Å². The van der Waals surface area contributed by atoms with E-state index in [4.69, 9.17) is 4.18 Å². The monoisotopic (exact) mass is 724 g/mol. The predicted molar refractivity (Wildman–Crippen MR) is 211 cm³/mol. The van der Waals surface area contributed by atoms with Crippen LogP contribution in [0, 0.1) is 0 Å². The SMILES string of the molecule is CCCCC(C)(C)c1ccc2c(-c3ccc(OS(=O)(=O)C(F)(F)F)c4ccccc34)c3cc(C(C)(C)CCCC)ccc3c(-c3ccccc3)c2c1. The van der Waals surface area contributed by atoms with Gasteiger partial charge in [-0.2, -0.15) is 21.6 Å². The summed E-state index contributed by atoms with van der Waals surface area (Å²) < 4.78 is 69.5. The molecule has 0 spiro atoms. The van der Waals surface area contributed by atoms with Crippen LogP contribution in [0.3, 0.4) is 0 Å². The normalized spacial score (nSPS) is 12.9. The molecule has 6 aromatic carbocycles. The van der Waals surface area contributed by atoms with Crippen molar-refractivity contribution in [1.29, 1.82) is 0 Å². The molecule has 0 heterocycles.